The summed E-state index contributed by atoms with van der Waals surface area (Å²) < 4.78 is 19.6. The van der Waals surface area contributed by atoms with Crippen LogP contribution in [0.5, 0.6) is 0 Å². The molecule has 0 bridgehead atoms. The van der Waals surface area contributed by atoms with E-state index in [0.29, 0.717) is 50.8 Å². The third-order valence-electron chi connectivity index (χ3n) is 4.57. The van der Waals surface area contributed by atoms with Crippen LogP contribution in [0.4, 0.5) is 10.2 Å². The summed E-state index contributed by atoms with van der Waals surface area (Å²) >= 11 is 0. The van der Waals surface area contributed by atoms with Gasteiger partial charge in [0.25, 0.3) is 0 Å². The van der Waals surface area contributed by atoms with Crippen LogP contribution in [0.1, 0.15) is 18.2 Å². The summed E-state index contributed by atoms with van der Waals surface area (Å²) in [6.07, 6.45) is 0. The molecule has 3 heterocycles. The van der Waals surface area contributed by atoms with E-state index < -0.39 is 5.82 Å². The van der Waals surface area contributed by atoms with Gasteiger partial charge in [-0.2, -0.15) is 0 Å². The van der Waals surface area contributed by atoms with Gasteiger partial charge >= 0.3 is 0 Å². The molecule has 1 fully saturated rings. The molecule has 0 spiro atoms. The Balaban J connectivity index is 1.82. The highest BCUT2D eigenvalue weighted by Gasteiger charge is 2.30. The molecule has 1 amide bonds. The Bertz CT molecular complexity index is 821. The standard InChI is InChI=1S/C18H18FN4O2/c1-12(24)23-10-14-16(11-23)20-17(13-4-2-3-5-15(13)19)21-18(14)22-6-8-25-9-7-22/h2,4-5H,6-11H2,1H3. The molecule has 2 aromatic rings. The van der Waals surface area contributed by atoms with Gasteiger partial charge in [0.05, 0.1) is 37.6 Å². The van der Waals surface area contributed by atoms with Gasteiger partial charge in [-0.05, 0) is 18.2 Å². The van der Waals surface area contributed by atoms with E-state index in [4.69, 9.17) is 4.74 Å². The maximum absolute atomic E-state index is 14.2. The Morgan fingerprint density at radius 3 is 2.80 bits per heavy atom. The molecule has 2 aliphatic rings. The number of ether oxygens (including phenoxy) is 1. The summed E-state index contributed by atoms with van der Waals surface area (Å²) in [4.78, 5) is 24.9. The van der Waals surface area contributed by atoms with Crippen molar-refractivity contribution in [3.8, 4) is 11.4 Å². The first-order chi connectivity index (χ1) is 12.1. The SMILES string of the molecule is CC(=O)N1Cc2nc(-c3cc[c]cc3F)nc(N3CCOCC3)c2C1. The van der Waals surface area contributed by atoms with E-state index in [1.807, 2.05) is 0 Å². The monoisotopic (exact) mass is 341 g/mol. The molecule has 2 aliphatic heterocycles. The van der Waals surface area contributed by atoms with Gasteiger partial charge in [-0.25, -0.2) is 14.4 Å². The van der Waals surface area contributed by atoms with Crippen molar-refractivity contribution >= 4 is 11.7 Å². The van der Waals surface area contributed by atoms with Gasteiger partial charge in [-0.15, -0.1) is 0 Å². The lowest BCUT2D eigenvalue weighted by Crippen LogP contribution is -2.37. The van der Waals surface area contributed by atoms with Crippen molar-refractivity contribution in [2.24, 2.45) is 0 Å². The Hall–Kier alpha value is -2.54. The fourth-order valence-corrected chi connectivity index (χ4v) is 3.21. The minimum atomic E-state index is -0.406. The minimum absolute atomic E-state index is 0.00651. The summed E-state index contributed by atoms with van der Waals surface area (Å²) in [6.45, 7) is 5.14. The molecule has 1 aromatic heterocycles. The molecule has 25 heavy (non-hydrogen) atoms. The number of nitrogens with zero attached hydrogens (tertiary/aromatic N) is 4. The third-order valence-corrected chi connectivity index (χ3v) is 4.57. The zero-order valence-electron chi connectivity index (χ0n) is 14.0. The molecule has 4 rings (SSSR count). The Morgan fingerprint density at radius 1 is 1.28 bits per heavy atom. The number of halogens is 1. The number of carbonyl (C=O) groups is 1. The van der Waals surface area contributed by atoms with Crippen LogP contribution in [0.3, 0.4) is 0 Å². The molecule has 0 N–H and O–H groups in total. The number of amides is 1. The minimum Gasteiger partial charge on any atom is -0.378 e. The van der Waals surface area contributed by atoms with Crippen molar-refractivity contribution in [3.05, 3.63) is 41.3 Å². The van der Waals surface area contributed by atoms with Crippen molar-refractivity contribution < 1.29 is 13.9 Å². The van der Waals surface area contributed by atoms with Gasteiger partial charge in [-0.3, -0.25) is 4.79 Å². The molecule has 0 atom stereocenters. The number of rotatable bonds is 2. The zero-order chi connectivity index (χ0) is 17.4. The van der Waals surface area contributed by atoms with Crippen molar-refractivity contribution in [3.63, 3.8) is 0 Å². The fraction of sp³-hybridized carbons (Fsp3) is 0.389. The van der Waals surface area contributed by atoms with Crippen LogP contribution in [-0.4, -0.2) is 47.1 Å². The molecule has 7 heteroatoms. The topological polar surface area (TPSA) is 58.6 Å². The van der Waals surface area contributed by atoms with E-state index in [1.165, 1.54) is 6.07 Å². The fourth-order valence-electron chi connectivity index (χ4n) is 3.21. The summed E-state index contributed by atoms with van der Waals surface area (Å²) in [6, 6.07) is 7.26. The van der Waals surface area contributed by atoms with E-state index in [9.17, 15) is 9.18 Å². The number of carbonyl (C=O) groups excluding carboxylic acids is 1. The Labute approximate surface area is 145 Å². The lowest BCUT2D eigenvalue weighted by atomic mass is 10.1. The van der Waals surface area contributed by atoms with E-state index in [2.05, 4.69) is 20.9 Å². The summed E-state index contributed by atoms with van der Waals surface area (Å²) in [5.41, 5.74) is 2.08. The Morgan fingerprint density at radius 2 is 2.08 bits per heavy atom. The molecule has 1 saturated heterocycles. The molecule has 0 saturated carbocycles. The summed E-state index contributed by atoms with van der Waals surface area (Å²) in [7, 11) is 0. The predicted molar refractivity (Wildman–Crippen MR) is 89.2 cm³/mol. The van der Waals surface area contributed by atoms with Crippen LogP contribution >= 0.6 is 0 Å². The Kier molecular flexibility index (Phi) is 4.09. The number of anilines is 1. The van der Waals surface area contributed by atoms with Crippen LogP contribution in [0.2, 0.25) is 0 Å². The highest BCUT2D eigenvalue weighted by molar-refractivity contribution is 5.75. The second-order valence-corrected chi connectivity index (χ2v) is 6.18. The highest BCUT2D eigenvalue weighted by atomic mass is 19.1. The van der Waals surface area contributed by atoms with Crippen LogP contribution in [0.25, 0.3) is 11.4 Å². The van der Waals surface area contributed by atoms with E-state index >= 15 is 0 Å². The van der Waals surface area contributed by atoms with Crippen molar-refractivity contribution in [1.29, 1.82) is 0 Å². The largest absolute Gasteiger partial charge is 0.378 e. The molecule has 129 valence electrons. The zero-order valence-corrected chi connectivity index (χ0v) is 14.0. The van der Waals surface area contributed by atoms with Gasteiger partial charge in [0.1, 0.15) is 11.6 Å². The third kappa shape index (κ3) is 2.95. The van der Waals surface area contributed by atoms with E-state index in [0.717, 1.165) is 17.1 Å². The number of hydrogen-bond donors (Lipinski definition) is 0. The number of benzene rings is 1. The first kappa shape index (κ1) is 16.0. The summed E-state index contributed by atoms with van der Waals surface area (Å²) in [5, 5.41) is 0. The lowest BCUT2D eigenvalue weighted by Gasteiger charge is -2.29. The van der Waals surface area contributed by atoms with Crippen molar-refractivity contribution in [2.45, 2.75) is 20.0 Å². The van der Waals surface area contributed by atoms with Gasteiger partial charge < -0.3 is 14.5 Å². The number of morpholine rings is 1. The van der Waals surface area contributed by atoms with Gasteiger partial charge in [0.15, 0.2) is 5.82 Å². The summed E-state index contributed by atoms with van der Waals surface area (Å²) in [5.74, 6) is 0.709. The number of fused-ring (bicyclic) bond motifs is 1. The quantitative estimate of drug-likeness (QED) is 0.833. The molecular formula is C18H18FN4O2. The normalized spacial score (nSPS) is 16.9. The van der Waals surface area contributed by atoms with Crippen molar-refractivity contribution in [1.82, 2.24) is 14.9 Å². The molecule has 0 aliphatic carbocycles. The van der Waals surface area contributed by atoms with Crippen LogP contribution < -0.4 is 4.90 Å². The first-order valence-electron chi connectivity index (χ1n) is 8.27. The second kappa shape index (κ2) is 6.40. The maximum atomic E-state index is 14.2. The average Bonchev–Trinajstić information content (AvgIpc) is 3.06. The number of aromatic nitrogens is 2. The highest BCUT2D eigenvalue weighted by Crippen LogP contribution is 2.32. The second-order valence-electron chi connectivity index (χ2n) is 6.18. The van der Waals surface area contributed by atoms with Gasteiger partial charge in [0.2, 0.25) is 5.91 Å². The maximum Gasteiger partial charge on any atom is 0.220 e. The van der Waals surface area contributed by atoms with Crippen molar-refractivity contribution in [2.75, 3.05) is 31.2 Å². The molecule has 0 unspecified atom stereocenters. The molecule has 6 nitrogen and oxygen atoms in total. The lowest BCUT2D eigenvalue weighted by molar-refractivity contribution is -0.129. The van der Waals surface area contributed by atoms with E-state index in [1.54, 1.807) is 24.0 Å². The van der Waals surface area contributed by atoms with Crippen LogP contribution in [-0.2, 0) is 22.6 Å². The van der Waals surface area contributed by atoms with Gasteiger partial charge in [-0.1, -0.05) is 6.07 Å². The van der Waals surface area contributed by atoms with Crippen LogP contribution in [0, 0.1) is 11.9 Å². The number of hydrogen-bond acceptors (Lipinski definition) is 5. The molecule has 1 radical (unpaired) electrons. The van der Waals surface area contributed by atoms with Gasteiger partial charge in [0, 0.05) is 25.6 Å². The predicted octanol–water partition coefficient (Wildman–Crippen LogP) is 1.78. The van der Waals surface area contributed by atoms with Crippen LogP contribution in [0.15, 0.2) is 18.2 Å². The molecular weight excluding hydrogens is 323 g/mol. The smallest absolute Gasteiger partial charge is 0.220 e. The molecule has 1 aromatic carbocycles. The average molecular weight is 341 g/mol. The van der Waals surface area contributed by atoms with E-state index in [-0.39, 0.29) is 5.91 Å². The first-order valence-corrected chi connectivity index (χ1v) is 8.27.